The number of nitrogens with zero attached hydrogens (tertiary/aromatic N) is 1. The van der Waals surface area contributed by atoms with E-state index in [1.165, 1.54) is 19.3 Å². The van der Waals surface area contributed by atoms with Crippen molar-refractivity contribution in [1.82, 2.24) is 0 Å². The van der Waals surface area contributed by atoms with Crippen molar-refractivity contribution in [3.63, 3.8) is 0 Å². The second kappa shape index (κ2) is 4.61. The third-order valence-electron chi connectivity index (χ3n) is 2.93. The molecule has 1 aliphatic rings. The number of unbranched alkanes of at least 4 members (excludes halogenated alkanes) is 2. The third-order valence-corrected chi connectivity index (χ3v) is 2.93. The molecule has 4 N–H and O–H groups in total. The van der Waals surface area contributed by atoms with Gasteiger partial charge in [-0.05, 0) is 6.42 Å². The molecular formula is C10H21N3. The van der Waals surface area contributed by atoms with Crippen LogP contribution in [0.15, 0.2) is 4.99 Å². The van der Waals surface area contributed by atoms with Crippen molar-refractivity contribution in [1.29, 1.82) is 0 Å². The Labute approximate surface area is 80.6 Å². The first kappa shape index (κ1) is 10.5. The Kier molecular flexibility index (Phi) is 3.72. The molecule has 0 aromatic rings. The van der Waals surface area contributed by atoms with Crippen LogP contribution in [-0.2, 0) is 0 Å². The Bertz CT molecular complexity index is 189. The highest BCUT2D eigenvalue weighted by molar-refractivity contribution is 5.87. The Morgan fingerprint density at radius 3 is 2.54 bits per heavy atom. The van der Waals surface area contributed by atoms with Gasteiger partial charge in [-0.3, -0.25) is 4.99 Å². The van der Waals surface area contributed by atoms with Crippen LogP contribution < -0.4 is 11.5 Å². The highest BCUT2D eigenvalue weighted by atomic mass is 15.0. The molecular weight excluding hydrogens is 162 g/mol. The molecule has 0 saturated heterocycles. The van der Waals surface area contributed by atoms with Gasteiger partial charge in [0.1, 0.15) is 5.84 Å². The minimum absolute atomic E-state index is 0.00775. The molecule has 0 aliphatic carbocycles. The SMILES string of the molecule is CCCCC[C@@H]1N=C(N)[C@H](N)[C@@H]1C. The van der Waals surface area contributed by atoms with E-state index >= 15 is 0 Å². The molecule has 0 saturated carbocycles. The topological polar surface area (TPSA) is 64.4 Å². The highest BCUT2D eigenvalue weighted by Gasteiger charge is 2.30. The lowest BCUT2D eigenvalue weighted by molar-refractivity contribution is 0.428. The molecule has 3 nitrogen and oxygen atoms in total. The molecule has 0 fully saturated rings. The average Bonchev–Trinajstić information content (AvgIpc) is 2.34. The molecule has 1 aliphatic heterocycles. The smallest absolute Gasteiger partial charge is 0.111 e. The summed E-state index contributed by atoms with van der Waals surface area (Å²) < 4.78 is 0. The minimum atomic E-state index is -0.00775. The van der Waals surface area contributed by atoms with Crippen LogP contribution in [0.1, 0.15) is 39.5 Å². The van der Waals surface area contributed by atoms with Gasteiger partial charge in [0.25, 0.3) is 0 Å². The normalized spacial score (nSPS) is 33.5. The van der Waals surface area contributed by atoms with Crippen LogP contribution in [0, 0.1) is 5.92 Å². The number of nitrogens with two attached hydrogens (primary N) is 2. The summed E-state index contributed by atoms with van der Waals surface area (Å²) in [7, 11) is 0. The van der Waals surface area contributed by atoms with E-state index in [2.05, 4.69) is 18.8 Å². The molecule has 0 unspecified atom stereocenters. The molecule has 0 spiro atoms. The summed E-state index contributed by atoms with van der Waals surface area (Å²) in [6.07, 6.45) is 4.93. The first-order valence-electron chi connectivity index (χ1n) is 5.25. The first-order valence-corrected chi connectivity index (χ1v) is 5.25. The molecule has 0 bridgehead atoms. The summed E-state index contributed by atoms with van der Waals surface area (Å²) in [5, 5.41) is 0. The molecule has 0 amide bonds. The lowest BCUT2D eigenvalue weighted by atomic mass is 9.94. The minimum Gasteiger partial charge on any atom is -0.386 e. The fourth-order valence-electron chi connectivity index (χ4n) is 1.83. The molecule has 3 heteroatoms. The van der Waals surface area contributed by atoms with Gasteiger partial charge >= 0.3 is 0 Å². The Balaban J connectivity index is 2.35. The van der Waals surface area contributed by atoms with Gasteiger partial charge in [0.05, 0.1) is 12.1 Å². The van der Waals surface area contributed by atoms with E-state index < -0.39 is 0 Å². The largest absolute Gasteiger partial charge is 0.386 e. The standard InChI is InChI=1S/C10H21N3/c1-3-4-5-6-8-7(2)9(11)10(12)13-8/h7-9H,3-6,11H2,1-2H3,(H2,12,13)/t7-,8+,9-/m1/s1. The van der Waals surface area contributed by atoms with Crippen molar-refractivity contribution < 1.29 is 0 Å². The van der Waals surface area contributed by atoms with E-state index in [0.717, 1.165) is 6.42 Å². The molecule has 76 valence electrons. The molecule has 1 rings (SSSR count). The maximum absolute atomic E-state index is 5.86. The van der Waals surface area contributed by atoms with E-state index in [9.17, 15) is 0 Å². The van der Waals surface area contributed by atoms with Gasteiger partial charge < -0.3 is 11.5 Å². The first-order chi connectivity index (χ1) is 6.16. The van der Waals surface area contributed by atoms with Crippen molar-refractivity contribution in [3.8, 4) is 0 Å². The summed E-state index contributed by atoms with van der Waals surface area (Å²) in [5.41, 5.74) is 11.5. The van der Waals surface area contributed by atoms with Gasteiger partial charge in [-0.1, -0.05) is 33.1 Å². The monoisotopic (exact) mass is 183 g/mol. The van der Waals surface area contributed by atoms with Crippen LogP contribution >= 0.6 is 0 Å². The lowest BCUT2D eigenvalue weighted by Crippen LogP contribution is -2.38. The second-order valence-electron chi connectivity index (χ2n) is 4.00. The molecule has 0 aromatic heterocycles. The molecule has 1 heterocycles. The fraction of sp³-hybridized carbons (Fsp3) is 0.900. The zero-order valence-electron chi connectivity index (χ0n) is 8.66. The number of aliphatic imine (C=N–C) groups is 1. The quantitative estimate of drug-likeness (QED) is 0.645. The van der Waals surface area contributed by atoms with Gasteiger partial charge in [0.2, 0.25) is 0 Å². The molecule has 13 heavy (non-hydrogen) atoms. The van der Waals surface area contributed by atoms with Crippen LogP contribution in [-0.4, -0.2) is 17.9 Å². The van der Waals surface area contributed by atoms with Gasteiger partial charge in [-0.2, -0.15) is 0 Å². The molecule has 3 atom stereocenters. The van der Waals surface area contributed by atoms with E-state index in [1.807, 2.05) is 0 Å². The zero-order chi connectivity index (χ0) is 9.84. The number of rotatable bonds is 4. The number of hydrogen-bond donors (Lipinski definition) is 2. The van der Waals surface area contributed by atoms with Crippen molar-refractivity contribution in [2.75, 3.05) is 0 Å². The lowest BCUT2D eigenvalue weighted by Gasteiger charge is -2.15. The van der Waals surface area contributed by atoms with Crippen LogP contribution in [0.4, 0.5) is 0 Å². The second-order valence-corrected chi connectivity index (χ2v) is 4.00. The van der Waals surface area contributed by atoms with Gasteiger partial charge in [0, 0.05) is 5.92 Å². The predicted octanol–water partition coefficient (Wildman–Crippen LogP) is 1.27. The van der Waals surface area contributed by atoms with Crippen molar-refractivity contribution in [3.05, 3.63) is 0 Å². The van der Waals surface area contributed by atoms with Crippen LogP contribution in [0.25, 0.3) is 0 Å². The van der Waals surface area contributed by atoms with Gasteiger partial charge in [-0.25, -0.2) is 0 Å². The van der Waals surface area contributed by atoms with Crippen LogP contribution in [0.5, 0.6) is 0 Å². The van der Waals surface area contributed by atoms with Crippen LogP contribution in [0.2, 0.25) is 0 Å². The maximum atomic E-state index is 5.86. The Morgan fingerprint density at radius 1 is 1.38 bits per heavy atom. The van der Waals surface area contributed by atoms with Crippen molar-refractivity contribution in [2.45, 2.75) is 51.6 Å². The third kappa shape index (κ3) is 2.44. The Hall–Kier alpha value is -0.570. The van der Waals surface area contributed by atoms with Gasteiger partial charge in [0.15, 0.2) is 0 Å². The van der Waals surface area contributed by atoms with Crippen molar-refractivity contribution in [2.24, 2.45) is 22.4 Å². The van der Waals surface area contributed by atoms with E-state index in [4.69, 9.17) is 11.5 Å². The zero-order valence-corrected chi connectivity index (χ0v) is 8.66. The summed E-state index contributed by atoms with van der Waals surface area (Å²) >= 11 is 0. The Morgan fingerprint density at radius 2 is 2.08 bits per heavy atom. The van der Waals surface area contributed by atoms with Gasteiger partial charge in [-0.15, -0.1) is 0 Å². The maximum Gasteiger partial charge on any atom is 0.111 e. The highest BCUT2D eigenvalue weighted by Crippen LogP contribution is 2.23. The van der Waals surface area contributed by atoms with E-state index in [1.54, 1.807) is 0 Å². The van der Waals surface area contributed by atoms with Crippen molar-refractivity contribution >= 4 is 5.84 Å². The van der Waals surface area contributed by atoms with E-state index in [0.29, 0.717) is 17.8 Å². The number of hydrogen-bond acceptors (Lipinski definition) is 3. The summed E-state index contributed by atoms with van der Waals surface area (Å²) in [4.78, 5) is 4.39. The summed E-state index contributed by atoms with van der Waals surface area (Å²) in [6, 6.07) is 0.369. The van der Waals surface area contributed by atoms with E-state index in [-0.39, 0.29) is 6.04 Å². The molecule has 0 radical (unpaired) electrons. The predicted molar refractivity (Wildman–Crippen MR) is 56.7 cm³/mol. The van der Waals surface area contributed by atoms with Crippen LogP contribution in [0.3, 0.4) is 0 Å². The summed E-state index contributed by atoms with van der Waals surface area (Å²) in [6.45, 7) is 4.35. The molecule has 0 aromatic carbocycles. The fourth-order valence-corrected chi connectivity index (χ4v) is 1.83. The summed E-state index contributed by atoms with van der Waals surface area (Å²) in [5.74, 6) is 1.07. The number of amidine groups is 1. The average molecular weight is 183 g/mol.